The number of esters is 1. The number of rotatable bonds is 9. The summed E-state index contributed by atoms with van der Waals surface area (Å²) >= 11 is 0. The Morgan fingerprint density at radius 1 is 1.05 bits per heavy atom. The van der Waals surface area contributed by atoms with E-state index in [-0.39, 0.29) is 23.8 Å². The van der Waals surface area contributed by atoms with Crippen molar-refractivity contribution in [3.63, 3.8) is 0 Å². The summed E-state index contributed by atoms with van der Waals surface area (Å²) in [7, 11) is 1.33. The van der Waals surface area contributed by atoms with Gasteiger partial charge in [-0.05, 0) is 46.0 Å². The van der Waals surface area contributed by atoms with Crippen molar-refractivity contribution in [2.75, 3.05) is 7.11 Å². The maximum absolute atomic E-state index is 13.7. The number of fused-ring (bicyclic) bond motifs is 2. The highest BCUT2D eigenvalue weighted by Gasteiger charge is 2.33. The van der Waals surface area contributed by atoms with E-state index in [9.17, 15) is 14.4 Å². The second kappa shape index (κ2) is 11.3. The average Bonchev–Trinajstić information content (AvgIpc) is 3.40. The van der Waals surface area contributed by atoms with Gasteiger partial charge in [0.2, 0.25) is 11.7 Å². The van der Waals surface area contributed by atoms with Crippen LogP contribution in [0.2, 0.25) is 0 Å². The van der Waals surface area contributed by atoms with Gasteiger partial charge in [-0.1, -0.05) is 63.6 Å². The number of hydrogen-bond acceptors (Lipinski definition) is 7. The maximum Gasteiger partial charge on any atom is 0.328 e. The standard InChI is InChI=1S/C28H31N5O4/c1-5-6-11-24(34)33(25(17(2)3)28(36)37-4)16-18-12-13-21-22(14-18)26(35)20-10-8-7-9-19(20)15-23(21)27-29-31-32-30-27/h7-10,12-15,17,25H,5-6,11,16H2,1-4H3,(H,29,30,31,32)/t25-/m0/s1. The normalized spacial score (nSPS) is 12.1. The molecule has 9 nitrogen and oxygen atoms in total. The van der Waals surface area contributed by atoms with E-state index in [4.69, 9.17) is 4.74 Å². The lowest BCUT2D eigenvalue weighted by molar-refractivity contribution is -0.155. The number of nitrogens with zero attached hydrogens (tertiary/aromatic N) is 4. The molecule has 192 valence electrons. The molecule has 37 heavy (non-hydrogen) atoms. The number of aromatic nitrogens is 4. The molecule has 0 aliphatic carbocycles. The predicted octanol–water partition coefficient (Wildman–Crippen LogP) is 4.25. The van der Waals surface area contributed by atoms with Crippen LogP contribution in [0.4, 0.5) is 0 Å². The number of aromatic amines is 1. The van der Waals surface area contributed by atoms with Crippen LogP contribution in [0, 0.1) is 5.92 Å². The molecule has 4 aromatic rings. The summed E-state index contributed by atoms with van der Waals surface area (Å²) < 4.78 is 5.05. The molecule has 0 spiro atoms. The third kappa shape index (κ3) is 5.35. The fourth-order valence-corrected chi connectivity index (χ4v) is 4.67. The van der Waals surface area contributed by atoms with E-state index in [1.807, 2.05) is 57.2 Å². The Balaban J connectivity index is 1.89. The van der Waals surface area contributed by atoms with E-state index >= 15 is 0 Å². The van der Waals surface area contributed by atoms with Crippen LogP contribution in [0.15, 0.2) is 53.3 Å². The third-order valence-electron chi connectivity index (χ3n) is 6.54. The molecular weight excluding hydrogens is 470 g/mol. The number of ether oxygens (including phenoxy) is 1. The van der Waals surface area contributed by atoms with Gasteiger partial charge in [-0.15, -0.1) is 10.2 Å². The molecule has 0 saturated carbocycles. The molecule has 0 fully saturated rings. The molecule has 0 saturated heterocycles. The predicted molar refractivity (Wildman–Crippen MR) is 142 cm³/mol. The summed E-state index contributed by atoms with van der Waals surface area (Å²) in [5.74, 6) is -0.354. The Morgan fingerprint density at radius 3 is 2.51 bits per heavy atom. The zero-order chi connectivity index (χ0) is 26.5. The Hall–Kier alpha value is -4.14. The van der Waals surface area contributed by atoms with Gasteiger partial charge in [0.1, 0.15) is 6.04 Å². The molecule has 1 heterocycles. The Morgan fingerprint density at radius 2 is 1.84 bits per heavy atom. The average molecular weight is 502 g/mol. The molecule has 0 aliphatic heterocycles. The highest BCUT2D eigenvalue weighted by atomic mass is 16.5. The van der Waals surface area contributed by atoms with Crippen molar-refractivity contribution in [3.8, 4) is 11.4 Å². The second-order valence-electron chi connectivity index (χ2n) is 9.43. The number of H-pyrrole nitrogens is 1. The van der Waals surface area contributed by atoms with Crippen LogP contribution < -0.4 is 5.43 Å². The number of benzene rings is 2. The SMILES string of the molecule is CCCCC(=O)N(Cc1ccc2c(-c3nn[nH]n3)cc3ccccc3c(=O)c2c1)[C@H](C(=O)OC)C(C)C. The van der Waals surface area contributed by atoms with E-state index in [2.05, 4.69) is 20.6 Å². The molecule has 0 aliphatic rings. The fourth-order valence-electron chi connectivity index (χ4n) is 4.67. The van der Waals surface area contributed by atoms with Gasteiger partial charge in [0.05, 0.1) is 7.11 Å². The van der Waals surface area contributed by atoms with Crippen molar-refractivity contribution in [2.24, 2.45) is 5.92 Å². The highest BCUT2D eigenvalue weighted by molar-refractivity contribution is 6.02. The molecule has 3 aromatic carbocycles. The van der Waals surface area contributed by atoms with E-state index in [1.165, 1.54) is 7.11 Å². The Kier molecular flexibility index (Phi) is 7.91. The number of tetrazole rings is 1. The largest absolute Gasteiger partial charge is 0.467 e. The summed E-state index contributed by atoms with van der Waals surface area (Å²) in [6.45, 7) is 5.97. The Labute approximate surface area is 214 Å². The van der Waals surface area contributed by atoms with E-state index < -0.39 is 12.0 Å². The van der Waals surface area contributed by atoms with Crippen molar-refractivity contribution >= 4 is 33.4 Å². The smallest absolute Gasteiger partial charge is 0.328 e. The second-order valence-corrected chi connectivity index (χ2v) is 9.43. The summed E-state index contributed by atoms with van der Waals surface area (Å²) in [4.78, 5) is 41.3. The molecule has 0 bridgehead atoms. The first kappa shape index (κ1) is 25.9. The topological polar surface area (TPSA) is 118 Å². The van der Waals surface area contributed by atoms with Gasteiger partial charge in [0, 0.05) is 29.3 Å². The van der Waals surface area contributed by atoms with Crippen molar-refractivity contribution in [2.45, 2.75) is 52.6 Å². The quantitative estimate of drug-likeness (QED) is 0.341. The van der Waals surface area contributed by atoms with Crippen LogP contribution in [0.25, 0.3) is 32.9 Å². The minimum absolute atomic E-state index is 0.120. The van der Waals surface area contributed by atoms with Gasteiger partial charge in [0.25, 0.3) is 0 Å². The maximum atomic E-state index is 13.7. The molecule has 1 aromatic heterocycles. The zero-order valence-electron chi connectivity index (χ0n) is 21.5. The fraction of sp³-hybridized carbons (Fsp3) is 0.357. The molecule has 0 radical (unpaired) electrons. The lowest BCUT2D eigenvalue weighted by Crippen LogP contribution is -2.48. The van der Waals surface area contributed by atoms with Crippen LogP contribution in [0.1, 0.15) is 45.6 Å². The summed E-state index contributed by atoms with van der Waals surface area (Å²) in [5, 5.41) is 16.9. The first-order chi connectivity index (χ1) is 17.8. The van der Waals surface area contributed by atoms with Gasteiger partial charge in [-0.25, -0.2) is 4.79 Å². The molecule has 0 unspecified atom stereocenters. The molecule has 1 atom stereocenters. The number of hydrogen-bond donors (Lipinski definition) is 1. The van der Waals surface area contributed by atoms with Crippen molar-refractivity contribution in [1.29, 1.82) is 0 Å². The monoisotopic (exact) mass is 501 g/mol. The molecule has 4 rings (SSSR count). The number of unbranched alkanes of at least 4 members (excludes halogenated alkanes) is 1. The van der Waals surface area contributed by atoms with Gasteiger partial charge >= 0.3 is 5.97 Å². The number of carbonyl (C=O) groups excluding carboxylic acids is 2. The highest BCUT2D eigenvalue weighted by Crippen LogP contribution is 2.28. The van der Waals surface area contributed by atoms with Crippen LogP contribution in [0.3, 0.4) is 0 Å². The number of nitrogens with one attached hydrogen (secondary N) is 1. The first-order valence-corrected chi connectivity index (χ1v) is 12.5. The molecular formula is C28H31N5O4. The minimum atomic E-state index is -0.737. The van der Waals surface area contributed by atoms with Gasteiger partial charge in [-0.3, -0.25) is 9.59 Å². The summed E-state index contributed by atoms with van der Waals surface area (Å²) in [5.41, 5.74) is 1.26. The van der Waals surface area contributed by atoms with Gasteiger partial charge < -0.3 is 9.64 Å². The molecule has 1 N–H and O–H groups in total. The van der Waals surface area contributed by atoms with Gasteiger partial charge in [0.15, 0.2) is 5.43 Å². The number of methoxy groups -OCH3 is 1. The van der Waals surface area contributed by atoms with E-state index in [0.717, 1.165) is 23.8 Å². The lowest BCUT2D eigenvalue weighted by Gasteiger charge is -2.32. The van der Waals surface area contributed by atoms with Crippen LogP contribution in [-0.4, -0.2) is 50.6 Å². The molecule has 9 heteroatoms. The van der Waals surface area contributed by atoms with Crippen LogP contribution >= 0.6 is 0 Å². The van der Waals surface area contributed by atoms with Crippen molar-refractivity contribution in [3.05, 3.63) is 64.3 Å². The van der Waals surface area contributed by atoms with E-state index in [1.54, 1.807) is 17.0 Å². The Bertz CT molecular complexity index is 1480. The summed E-state index contributed by atoms with van der Waals surface area (Å²) in [6, 6.07) is 14.0. The minimum Gasteiger partial charge on any atom is -0.467 e. The third-order valence-corrected chi connectivity index (χ3v) is 6.54. The van der Waals surface area contributed by atoms with Crippen LogP contribution in [0.5, 0.6) is 0 Å². The van der Waals surface area contributed by atoms with Crippen molar-refractivity contribution in [1.82, 2.24) is 25.5 Å². The van der Waals surface area contributed by atoms with E-state index in [0.29, 0.717) is 34.0 Å². The number of amides is 1. The van der Waals surface area contributed by atoms with Gasteiger partial charge in [-0.2, -0.15) is 5.21 Å². The lowest BCUT2D eigenvalue weighted by atomic mass is 9.99. The van der Waals surface area contributed by atoms with Crippen molar-refractivity contribution < 1.29 is 14.3 Å². The van der Waals surface area contributed by atoms with Crippen LogP contribution in [-0.2, 0) is 20.9 Å². The molecule has 1 amide bonds. The number of carbonyl (C=O) groups is 2. The zero-order valence-corrected chi connectivity index (χ0v) is 21.5. The first-order valence-electron chi connectivity index (χ1n) is 12.5. The summed E-state index contributed by atoms with van der Waals surface area (Å²) in [6.07, 6.45) is 1.92.